The molecule has 0 spiro atoms. The summed E-state index contributed by atoms with van der Waals surface area (Å²) in [7, 11) is 3.35. The minimum Gasteiger partial charge on any atom is -0.497 e. The van der Waals surface area contributed by atoms with Gasteiger partial charge in [-0.15, -0.1) is 0 Å². The Balaban J connectivity index is 2.22. The molecule has 0 radical (unpaired) electrons. The number of ether oxygens (including phenoxy) is 3. The molecule has 0 bridgehead atoms. The Bertz CT molecular complexity index is 347. The van der Waals surface area contributed by atoms with Gasteiger partial charge in [-0.2, -0.15) is 0 Å². The molecule has 1 aromatic carbocycles. The lowest BCUT2D eigenvalue weighted by Crippen LogP contribution is -2.11. The molecule has 0 aromatic heterocycles. The molecular weight excluding hydrogens is 298 g/mol. The first-order valence-corrected chi connectivity index (χ1v) is 6.71. The molecule has 102 valence electrons. The van der Waals surface area contributed by atoms with E-state index < -0.39 is 0 Å². The molecule has 0 aliphatic rings. The Morgan fingerprint density at radius 1 is 1.17 bits per heavy atom. The van der Waals surface area contributed by atoms with Gasteiger partial charge in [-0.1, -0.05) is 0 Å². The maximum atomic E-state index is 5.46. The van der Waals surface area contributed by atoms with Crippen molar-refractivity contribution in [2.45, 2.75) is 6.42 Å². The zero-order valence-electron chi connectivity index (χ0n) is 10.9. The van der Waals surface area contributed by atoms with Gasteiger partial charge in [0.05, 0.1) is 19.4 Å². The predicted octanol–water partition coefficient (Wildman–Crippen LogP) is 2.92. The molecule has 5 heteroatoms. The highest BCUT2D eigenvalue weighted by Crippen LogP contribution is 2.26. The summed E-state index contributed by atoms with van der Waals surface area (Å²) in [6.07, 6.45) is 0.930. The minimum atomic E-state index is 0.674. The van der Waals surface area contributed by atoms with E-state index in [1.165, 1.54) is 0 Å². The number of halogens is 1. The van der Waals surface area contributed by atoms with Crippen molar-refractivity contribution in [2.24, 2.45) is 0 Å². The SMILES string of the molecule is COCCCOCCNc1cc(OC)ccc1Br. The number of hydrogen-bond acceptors (Lipinski definition) is 4. The van der Waals surface area contributed by atoms with E-state index in [1.807, 2.05) is 18.2 Å². The second-order valence-corrected chi connectivity index (χ2v) is 4.59. The van der Waals surface area contributed by atoms with Crippen LogP contribution in [0.15, 0.2) is 22.7 Å². The standard InChI is InChI=1S/C13H20BrNO3/c1-16-7-3-8-18-9-6-15-13-10-11(17-2)4-5-12(13)14/h4-5,10,15H,3,6-9H2,1-2H3. The average Bonchev–Trinajstić information content (AvgIpc) is 2.39. The van der Waals surface area contributed by atoms with Crippen molar-refractivity contribution >= 4 is 21.6 Å². The Hall–Kier alpha value is -0.780. The van der Waals surface area contributed by atoms with Crippen LogP contribution < -0.4 is 10.1 Å². The number of anilines is 1. The Kier molecular flexibility index (Phi) is 7.80. The van der Waals surface area contributed by atoms with Gasteiger partial charge in [0.1, 0.15) is 5.75 Å². The molecule has 0 fully saturated rings. The van der Waals surface area contributed by atoms with Crippen molar-refractivity contribution in [2.75, 3.05) is 45.9 Å². The first-order chi connectivity index (χ1) is 8.77. The van der Waals surface area contributed by atoms with Gasteiger partial charge in [-0.05, 0) is 34.5 Å². The predicted molar refractivity (Wildman–Crippen MR) is 76.5 cm³/mol. The Labute approximate surface area is 117 Å². The zero-order valence-corrected chi connectivity index (χ0v) is 12.5. The summed E-state index contributed by atoms with van der Waals surface area (Å²) in [4.78, 5) is 0. The summed E-state index contributed by atoms with van der Waals surface area (Å²) in [5.41, 5.74) is 1.01. The number of benzene rings is 1. The van der Waals surface area contributed by atoms with Gasteiger partial charge in [-0.3, -0.25) is 0 Å². The minimum absolute atomic E-state index is 0.674. The molecule has 1 aromatic rings. The monoisotopic (exact) mass is 317 g/mol. The van der Waals surface area contributed by atoms with Crippen LogP contribution in [0.25, 0.3) is 0 Å². The number of nitrogens with one attached hydrogen (secondary N) is 1. The number of hydrogen-bond donors (Lipinski definition) is 1. The molecule has 4 nitrogen and oxygen atoms in total. The van der Waals surface area contributed by atoms with Gasteiger partial charge in [0.15, 0.2) is 0 Å². The van der Waals surface area contributed by atoms with Crippen molar-refractivity contribution in [1.82, 2.24) is 0 Å². The molecule has 0 atom stereocenters. The van der Waals surface area contributed by atoms with Crippen molar-refractivity contribution in [1.29, 1.82) is 0 Å². The molecule has 1 rings (SSSR count). The van der Waals surface area contributed by atoms with E-state index in [4.69, 9.17) is 14.2 Å². The maximum absolute atomic E-state index is 5.46. The van der Waals surface area contributed by atoms with Crippen LogP contribution in [-0.4, -0.2) is 40.6 Å². The van der Waals surface area contributed by atoms with Crippen LogP contribution in [0, 0.1) is 0 Å². The highest BCUT2D eigenvalue weighted by atomic mass is 79.9. The molecular formula is C13H20BrNO3. The Morgan fingerprint density at radius 3 is 2.72 bits per heavy atom. The third kappa shape index (κ3) is 5.71. The zero-order chi connectivity index (χ0) is 13.2. The van der Waals surface area contributed by atoms with Gasteiger partial charge in [-0.25, -0.2) is 0 Å². The highest BCUT2D eigenvalue weighted by molar-refractivity contribution is 9.10. The first kappa shape index (κ1) is 15.3. The van der Waals surface area contributed by atoms with E-state index in [1.54, 1.807) is 14.2 Å². The fourth-order valence-electron chi connectivity index (χ4n) is 1.43. The lowest BCUT2D eigenvalue weighted by Gasteiger charge is -2.10. The third-order valence-electron chi connectivity index (χ3n) is 2.37. The van der Waals surface area contributed by atoms with Crippen molar-refractivity contribution in [3.05, 3.63) is 22.7 Å². The van der Waals surface area contributed by atoms with E-state index in [9.17, 15) is 0 Å². The fourth-order valence-corrected chi connectivity index (χ4v) is 1.82. The summed E-state index contributed by atoms with van der Waals surface area (Å²) < 4.78 is 16.6. The summed E-state index contributed by atoms with van der Waals surface area (Å²) in [6.45, 7) is 2.91. The Morgan fingerprint density at radius 2 is 2.00 bits per heavy atom. The van der Waals surface area contributed by atoms with E-state index in [-0.39, 0.29) is 0 Å². The molecule has 0 aliphatic carbocycles. The van der Waals surface area contributed by atoms with Crippen molar-refractivity contribution < 1.29 is 14.2 Å². The smallest absolute Gasteiger partial charge is 0.121 e. The van der Waals surface area contributed by atoms with Crippen LogP contribution in [-0.2, 0) is 9.47 Å². The highest BCUT2D eigenvalue weighted by Gasteiger charge is 2.01. The lowest BCUT2D eigenvalue weighted by molar-refractivity contribution is 0.109. The van der Waals surface area contributed by atoms with E-state index in [0.717, 1.165) is 42.1 Å². The summed E-state index contributed by atoms with van der Waals surface area (Å²) in [6, 6.07) is 5.83. The van der Waals surface area contributed by atoms with Crippen LogP contribution in [0.4, 0.5) is 5.69 Å². The normalized spacial score (nSPS) is 10.4. The van der Waals surface area contributed by atoms with Gasteiger partial charge in [0.2, 0.25) is 0 Å². The second-order valence-electron chi connectivity index (χ2n) is 3.73. The van der Waals surface area contributed by atoms with Crippen molar-refractivity contribution in [3.8, 4) is 5.75 Å². The number of methoxy groups -OCH3 is 2. The first-order valence-electron chi connectivity index (χ1n) is 5.92. The third-order valence-corrected chi connectivity index (χ3v) is 3.06. The van der Waals surface area contributed by atoms with E-state index >= 15 is 0 Å². The molecule has 0 saturated heterocycles. The topological polar surface area (TPSA) is 39.7 Å². The van der Waals surface area contributed by atoms with Crippen LogP contribution in [0.3, 0.4) is 0 Å². The molecule has 0 unspecified atom stereocenters. The molecule has 18 heavy (non-hydrogen) atoms. The van der Waals surface area contributed by atoms with Crippen LogP contribution in [0.5, 0.6) is 5.75 Å². The molecule has 0 aliphatic heterocycles. The molecule has 0 heterocycles. The summed E-state index contributed by atoms with van der Waals surface area (Å²) in [5, 5.41) is 3.30. The lowest BCUT2D eigenvalue weighted by atomic mass is 10.3. The van der Waals surface area contributed by atoms with E-state index in [0.29, 0.717) is 6.61 Å². The second kappa shape index (κ2) is 9.19. The largest absolute Gasteiger partial charge is 0.497 e. The van der Waals surface area contributed by atoms with Crippen LogP contribution in [0.2, 0.25) is 0 Å². The summed E-state index contributed by atoms with van der Waals surface area (Å²) >= 11 is 3.49. The van der Waals surface area contributed by atoms with E-state index in [2.05, 4.69) is 21.2 Å². The molecule has 0 amide bonds. The van der Waals surface area contributed by atoms with Gasteiger partial charge in [0.25, 0.3) is 0 Å². The van der Waals surface area contributed by atoms with Gasteiger partial charge >= 0.3 is 0 Å². The van der Waals surface area contributed by atoms with Crippen molar-refractivity contribution in [3.63, 3.8) is 0 Å². The van der Waals surface area contributed by atoms with Crippen LogP contribution >= 0.6 is 15.9 Å². The quantitative estimate of drug-likeness (QED) is 0.711. The summed E-state index contributed by atoms with van der Waals surface area (Å²) in [5.74, 6) is 0.835. The van der Waals surface area contributed by atoms with Gasteiger partial charge in [0, 0.05) is 37.4 Å². The fraction of sp³-hybridized carbons (Fsp3) is 0.538. The van der Waals surface area contributed by atoms with Crippen LogP contribution in [0.1, 0.15) is 6.42 Å². The number of rotatable bonds is 9. The average molecular weight is 318 g/mol. The molecule has 0 saturated carbocycles. The van der Waals surface area contributed by atoms with Gasteiger partial charge < -0.3 is 19.5 Å². The maximum Gasteiger partial charge on any atom is 0.121 e. The molecule has 1 N–H and O–H groups in total.